The molecule has 2 aliphatic heterocycles. The lowest BCUT2D eigenvalue weighted by Crippen LogP contribution is -2.52. The third kappa shape index (κ3) is 3.20. The number of carbonyl (C=O) groups excluding carboxylic acids is 1. The molecule has 0 N–H and O–H groups in total. The van der Waals surface area contributed by atoms with Crippen molar-refractivity contribution in [3.63, 3.8) is 0 Å². The summed E-state index contributed by atoms with van der Waals surface area (Å²) in [7, 11) is 0. The van der Waals surface area contributed by atoms with E-state index < -0.39 is 0 Å². The fraction of sp³-hybridized carbons (Fsp3) is 0.455. The van der Waals surface area contributed by atoms with Gasteiger partial charge in [0, 0.05) is 29.7 Å². The van der Waals surface area contributed by atoms with Gasteiger partial charge in [0.1, 0.15) is 5.82 Å². The third-order valence-electron chi connectivity index (χ3n) is 5.96. The molecule has 0 bridgehead atoms. The molecule has 1 aromatic heterocycles. The highest BCUT2D eigenvalue weighted by atomic mass is 19.1. The number of anilines is 1. The van der Waals surface area contributed by atoms with Gasteiger partial charge in [0.15, 0.2) is 0 Å². The average molecular weight is 367 g/mol. The van der Waals surface area contributed by atoms with Gasteiger partial charge in [-0.25, -0.2) is 4.39 Å². The minimum Gasteiger partial charge on any atom is -0.361 e. The molecular weight excluding hydrogens is 341 g/mol. The van der Waals surface area contributed by atoms with Crippen LogP contribution in [0, 0.1) is 12.7 Å². The molecule has 2 aromatic rings. The van der Waals surface area contributed by atoms with E-state index in [9.17, 15) is 9.18 Å². The number of benzene rings is 1. The Labute approximate surface area is 160 Å². The molecule has 5 heteroatoms. The predicted molar refractivity (Wildman–Crippen MR) is 104 cm³/mol. The Hall–Kier alpha value is -2.43. The number of aryl methyl sites for hydroxylation is 1. The Balaban J connectivity index is 1.64. The van der Waals surface area contributed by atoms with Crippen LogP contribution in [0.25, 0.3) is 0 Å². The Morgan fingerprint density at radius 3 is 2.56 bits per heavy atom. The van der Waals surface area contributed by atoms with Crippen LogP contribution in [-0.2, 0) is 0 Å². The highest BCUT2D eigenvalue weighted by Gasteiger charge is 2.50. The van der Waals surface area contributed by atoms with Crippen LogP contribution in [0.3, 0.4) is 0 Å². The van der Waals surface area contributed by atoms with Crippen LogP contribution >= 0.6 is 0 Å². The van der Waals surface area contributed by atoms with Gasteiger partial charge in [0.2, 0.25) is 0 Å². The number of pyridine rings is 1. The van der Waals surface area contributed by atoms with Gasteiger partial charge in [-0.1, -0.05) is 0 Å². The van der Waals surface area contributed by atoms with E-state index in [2.05, 4.69) is 23.7 Å². The summed E-state index contributed by atoms with van der Waals surface area (Å²) in [5, 5.41) is 0. The molecule has 0 saturated carbocycles. The van der Waals surface area contributed by atoms with E-state index in [1.807, 2.05) is 36.1 Å². The van der Waals surface area contributed by atoms with Gasteiger partial charge in [-0.3, -0.25) is 9.78 Å². The topological polar surface area (TPSA) is 36.4 Å². The number of hydrogen-bond donors (Lipinski definition) is 0. The smallest absolute Gasteiger partial charge is 0.255 e. The highest BCUT2D eigenvalue weighted by molar-refractivity contribution is 5.94. The summed E-state index contributed by atoms with van der Waals surface area (Å²) in [5.74, 6) is -0.159. The maximum atomic E-state index is 13.4. The lowest BCUT2D eigenvalue weighted by molar-refractivity contribution is 0.0605. The molecule has 0 aliphatic carbocycles. The molecule has 4 rings (SSSR count). The summed E-state index contributed by atoms with van der Waals surface area (Å²) in [6.07, 6.45) is 4.60. The van der Waals surface area contributed by atoms with E-state index in [0.29, 0.717) is 5.56 Å². The van der Waals surface area contributed by atoms with Crippen LogP contribution in [0.5, 0.6) is 0 Å². The number of fused-ring (bicyclic) bond motifs is 1. The lowest BCUT2D eigenvalue weighted by atomic mass is 9.93. The van der Waals surface area contributed by atoms with Crippen molar-refractivity contribution >= 4 is 11.6 Å². The molecule has 2 fully saturated rings. The van der Waals surface area contributed by atoms with Crippen LogP contribution < -0.4 is 4.90 Å². The molecule has 2 saturated heterocycles. The Morgan fingerprint density at radius 1 is 1.15 bits per heavy atom. The summed E-state index contributed by atoms with van der Waals surface area (Å²) in [5.41, 5.74) is 2.49. The van der Waals surface area contributed by atoms with Crippen molar-refractivity contribution in [2.45, 2.75) is 57.7 Å². The van der Waals surface area contributed by atoms with Gasteiger partial charge < -0.3 is 9.80 Å². The highest BCUT2D eigenvalue weighted by Crippen LogP contribution is 2.44. The summed E-state index contributed by atoms with van der Waals surface area (Å²) in [6.45, 7) is 7.13. The molecule has 1 amide bonds. The van der Waals surface area contributed by atoms with Crippen LogP contribution in [0.15, 0.2) is 42.6 Å². The summed E-state index contributed by atoms with van der Waals surface area (Å²) in [6, 6.07) is 10.9. The second-order valence-electron chi connectivity index (χ2n) is 8.33. The lowest BCUT2D eigenvalue weighted by Gasteiger charge is -2.42. The van der Waals surface area contributed by atoms with Gasteiger partial charge in [-0.05, 0) is 76.4 Å². The zero-order valence-electron chi connectivity index (χ0n) is 16.2. The number of nitrogens with zero attached hydrogens (tertiary/aromatic N) is 3. The molecule has 0 spiro atoms. The number of hydrogen-bond acceptors (Lipinski definition) is 3. The minimum absolute atomic E-state index is 0.0638. The van der Waals surface area contributed by atoms with Crippen molar-refractivity contribution < 1.29 is 9.18 Å². The van der Waals surface area contributed by atoms with Crippen LogP contribution in [0.4, 0.5) is 10.1 Å². The van der Waals surface area contributed by atoms with Crippen molar-refractivity contribution in [2.24, 2.45) is 0 Å². The average Bonchev–Trinajstić information content (AvgIpc) is 2.92. The maximum Gasteiger partial charge on any atom is 0.255 e. The first-order valence-electron chi connectivity index (χ1n) is 9.65. The van der Waals surface area contributed by atoms with E-state index in [4.69, 9.17) is 0 Å². The zero-order valence-corrected chi connectivity index (χ0v) is 16.2. The van der Waals surface area contributed by atoms with Crippen molar-refractivity contribution in [2.75, 3.05) is 11.4 Å². The second kappa shape index (κ2) is 6.63. The van der Waals surface area contributed by atoms with Gasteiger partial charge in [-0.15, -0.1) is 0 Å². The molecule has 2 atom stereocenters. The monoisotopic (exact) mass is 367 g/mol. The first-order valence-corrected chi connectivity index (χ1v) is 9.65. The molecular formula is C22H26FN3O. The van der Waals surface area contributed by atoms with Crippen LogP contribution in [0.2, 0.25) is 0 Å². The quantitative estimate of drug-likeness (QED) is 0.798. The number of aromatic nitrogens is 1. The SMILES string of the molecule is Cc1ccc(C(=O)N2CCC[C@H]3[C@@H]2CC(C)(C)N3c2ccc(F)cc2)cn1. The second-order valence-corrected chi connectivity index (χ2v) is 8.33. The van der Waals surface area contributed by atoms with Crippen LogP contribution in [-0.4, -0.2) is 40.0 Å². The van der Waals surface area contributed by atoms with Crippen molar-refractivity contribution in [3.05, 3.63) is 59.7 Å². The van der Waals surface area contributed by atoms with E-state index in [1.54, 1.807) is 6.20 Å². The molecule has 4 nitrogen and oxygen atoms in total. The molecule has 0 radical (unpaired) electrons. The molecule has 3 heterocycles. The van der Waals surface area contributed by atoms with E-state index in [1.165, 1.54) is 12.1 Å². The number of rotatable bonds is 2. The van der Waals surface area contributed by atoms with Crippen molar-refractivity contribution in [3.8, 4) is 0 Å². The molecule has 2 aliphatic rings. The number of likely N-dealkylation sites (tertiary alicyclic amines) is 1. The Kier molecular flexibility index (Phi) is 4.41. The fourth-order valence-electron chi connectivity index (χ4n) is 4.80. The maximum absolute atomic E-state index is 13.4. The fourth-order valence-corrected chi connectivity index (χ4v) is 4.80. The largest absolute Gasteiger partial charge is 0.361 e. The number of halogens is 1. The predicted octanol–water partition coefficient (Wildman–Crippen LogP) is 4.19. The van der Waals surface area contributed by atoms with Crippen LogP contribution in [0.1, 0.15) is 49.2 Å². The Bertz CT molecular complexity index is 832. The van der Waals surface area contributed by atoms with Gasteiger partial charge in [0.25, 0.3) is 5.91 Å². The summed E-state index contributed by atoms with van der Waals surface area (Å²) >= 11 is 0. The zero-order chi connectivity index (χ0) is 19.2. The standard InChI is InChI=1S/C22H26FN3O/c1-15-6-7-16(14-24-15)21(27)25-12-4-5-19-20(25)13-22(2,3)26(19)18-10-8-17(23)9-11-18/h6-11,14,19-20H,4-5,12-13H2,1-3H3/t19-,20-/m0/s1. The summed E-state index contributed by atoms with van der Waals surface area (Å²) < 4.78 is 13.4. The van der Waals surface area contributed by atoms with E-state index in [-0.39, 0.29) is 29.3 Å². The number of carbonyl (C=O) groups is 1. The molecule has 1 aromatic carbocycles. The molecule has 27 heavy (non-hydrogen) atoms. The van der Waals surface area contributed by atoms with Crippen molar-refractivity contribution in [1.29, 1.82) is 0 Å². The van der Waals surface area contributed by atoms with Gasteiger partial charge in [0.05, 0.1) is 17.6 Å². The van der Waals surface area contributed by atoms with E-state index >= 15 is 0 Å². The first-order chi connectivity index (χ1) is 12.9. The third-order valence-corrected chi connectivity index (χ3v) is 5.96. The minimum atomic E-state index is -0.223. The first kappa shape index (κ1) is 18.0. The number of piperidine rings is 1. The molecule has 142 valence electrons. The van der Waals surface area contributed by atoms with Gasteiger partial charge in [-0.2, -0.15) is 0 Å². The van der Waals surface area contributed by atoms with Gasteiger partial charge >= 0.3 is 0 Å². The summed E-state index contributed by atoms with van der Waals surface area (Å²) in [4.78, 5) is 21.9. The number of amides is 1. The van der Waals surface area contributed by atoms with E-state index in [0.717, 1.165) is 37.2 Å². The molecule has 0 unspecified atom stereocenters. The Morgan fingerprint density at radius 2 is 1.89 bits per heavy atom. The van der Waals surface area contributed by atoms with Crippen molar-refractivity contribution in [1.82, 2.24) is 9.88 Å². The normalized spacial score (nSPS) is 24.0.